The quantitative estimate of drug-likeness (QED) is 0.863. The lowest BCUT2D eigenvalue weighted by molar-refractivity contribution is 0.116. The maximum Gasteiger partial charge on any atom is 0.410 e. The third-order valence-electron chi connectivity index (χ3n) is 2.82. The van der Waals surface area contributed by atoms with Crippen LogP contribution in [0.1, 0.15) is 18.6 Å². The number of hydrogen-bond donors (Lipinski definition) is 1. The minimum atomic E-state index is -0.765. The molecule has 98 valence electrons. The molecule has 1 aliphatic rings. The van der Waals surface area contributed by atoms with Gasteiger partial charge in [0, 0.05) is 5.56 Å². The van der Waals surface area contributed by atoms with E-state index in [1.165, 1.54) is 4.90 Å². The van der Waals surface area contributed by atoms with E-state index in [0.29, 0.717) is 31.1 Å². The van der Waals surface area contributed by atoms with Crippen molar-refractivity contribution in [3.05, 3.63) is 29.8 Å². The first-order valence-corrected chi connectivity index (χ1v) is 6.04. The van der Waals surface area contributed by atoms with Crippen molar-refractivity contribution in [2.75, 3.05) is 26.3 Å². The summed E-state index contributed by atoms with van der Waals surface area (Å²) in [5.41, 5.74) is 0.694. The zero-order valence-electron chi connectivity index (χ0n) is 10.3. The van der Waals surface area contributed by atoms with Gasteiger partial charge in [0.05, 0.1) is 19.7 Å². The predicted molar refractivity (Wildman–Crippen MR) is 65.5 cm³/mol. The molecule has 1 fully saturated rings. The summed E-state index contributed by atoms with van der Waals surface area (Å²) < 4.78 is 10.3. The van der Waals surface area contributed by atoms with Crippen molar-refractivity contribution >= 4 is 6.09 Å². The number of cyclic esters (lactones) is 1. The minimum absolute atomic E-state index is 0.225. The van der Waals surface area contributed by atoms with Crippen LogP contribution in [0.5, 0.6) is 5.75 Å². The number of ether oxygens (including phenoxy) is 2. The molecule has 0 aliphatic carbocycles. The number of nitrogens with zero attached hydrogens (tertiary/aromatic N) is 1. The van der Waals surface area contributed by atoms with Gasteiger partial charge in [-0.3, -0.25) is 0 Å². The van der Waals surface area contributed by atoms with Crippen LogP contribution in [0.15, 0.2) is 24.3 Å². The van der Waals surface area contributed by atoms with E-state index in [4.69, 9.17) is 9.47 Å². The molecule has 0 aromatic heterocycles. The number of rotatable bonds is 5. The first-order chi connectivity index (χ1) is 8.72. The van der Waals surface area contributed by atoms with Crippen LogP contribution in [0.2, 0.25) is 0 Å². The van der Waals surface area contributed by atoms with Gasteiger partial charge in [-0.1, -0.05) is 18.2 Å². The monoisotopic (exact) mass is 251 g/mol. The van der Waals surface area contributed by atoms with E-state index in [1.807, 2.05) is 25.1 Å². The molecule has 5 nitrogen and oxygen atoms in total. The van der Waals surface area contributed by atoms with Gasteiger partial charge in [-0.15, -0.1) is 0 Å². The van der Waals surface area contributed by atoms with E-state index in [0.717, 1.165) is 0 Å². The summed E-state index contributed by atoms with van der Waals surface area (Å²) in [6, 6.07) is 7.30. The summed E-state index contributed by atoms with van der Waals surface area (Å²) >= 11 is 0. The van der Waals surface area contributed by atoms with Gasteiger partial charge in [0.2, 0.25) is 0 Å². The van der Waals surface area contributed by atoms with Crippen LogP contribution >= 0.6 is 0 Å². The number of aliphatic hydroxyl groups is 1. The van der Waals surface area contributed by atoms with Crippen molar-refractivity contribution in [1.29, 1.82) is 0 Å². The van der Waals surface area contributed by atoms with Crippen LogP contribution in [-0.2, 0) is 4.74 Å². The molecule has 1 N–H and O–H groups in total. The molecule has 1 atom stereocenters. The van der Waals surface area contributed by atoms with E-state index in [2.05, 4.69) is 0 Å². The molecule has 0 radical (unpaired) electrons. The van der Waals surface area contributed by atoms with Crippen LogP contribution in [0.4, 0.5) is 4.79 Å². The first kappa shape index (κ1) is 12.7. The molecule has 1 aromatic rings. The average Bonchev–Trinajstić information content (AvgIpc) is 2.76. The Balaban J connectivity index is 2.08. The van der Waals surface area contributed by atoms with E-state index in [9.17, 15) is 9.90 Å². The fraction of sp³-hybridized carbons (Fsp3) is 0.462. The van der Waals surface area contributed by atoms with Crippen LogP contribution in [0, 0.1) is 0 Å². The zero-order valence-corrected chi connectivity index (χ0v) is 10.3. The highest BCUT2D eigenvalue weighted by Crippen LogP contribution is 2.26. The lowest BCUT2D eigenvalue weighted by Crippen LogP contribution is -2.29. The highest BCUT2D eigenvalue weighted by molar-refractivity contribution is 5.69. The van der Waals surface area contributed by atoms with Crippen molar-refractivity contribution < 1.29 is 19.4 Å². The molecule has 2 rings (SSSR count). The number of carbonyl (C=O) groups excluding carboxylic acids is 1. The standard InChI is InChI=1S/C13H17NO4/c1-2-17-12-6-4-3-5-10(12)11(15)9-14-7-8-18-13(14)16/h3-6,11,15H,2,7-9H2,1H3. The smallest absolute Gasteiger partial charge is 0.410 e. The summed E-state index contributed by atoms with van der Waals surface area (Å²) in [6.07, 6.45) is -1.14. The fourth-order valence-electron chi connectivity index (χ4n) is 1.94. The van der Waals surface area contributed by atoms with Gasteiger partial charge in [-0.05, 0) is 13.0 Å². The average molecular weight is 251 g/mol. The molecule has 1 unspecified atom stereocenters. The molecule has 0 bridgehead atoms. The van der Waals surface area contributed by atoms with Gasteiger partial charge in [-0.2, -0.15) is 0 Å². The van der Waals surface area contributed by atoms with Crippen LogP contribution in [0.3, 0.4) is 0 Å². The zero-order chi connectivity index (χ0) is 13.0. The van der Waals surface area contributed by atoms with Crippen molar-refractivity contribution in [3.8, 4) is 5.75 Å². The Bertz CT molecular complexity index is 421. The van der Waals surface area contributed by atoms with Gasteiger partial charge < -0.3 is 19.5 Å². The molecule has 0 saturated carbocycles. The van der Waals surface area contributed by atoms with E-state index >= 15 is 0 Å². The molecular weight excluding hydrogens is 234 g/mol. The SMILES string of the molecule is CCOc1ccccc1C(O)CN1CCOC1=O. The molecule has 1 aliphatic heterocycles. The molecule has 1 saturated heterocycles. The van der Waals surface area contributed by atoms with Crippen molar-refractivity contribution in [2.24, 2.45) is 0 Å². The van der Waals surface area contributed by atoms with Gasteiger partial charge in [0.25, 0.3) is 0 Å². The lowest BCUT2D eigenvalue weighted by atomic mass is 10.1. The Morgan fingerprint density at radius 1 is 1.50 bits per heavy atom. The third-order valence-corrected chi connectivity index (χ3v) is 2.82. The molecule has 1 amide bonds. The summed E-state index contributed by atoms with van der Waals surface area (Å²) in [5.74, 6) is 0.653. The molecular formula is C13H17NO4. The largest absolute Gasteiger partial charge is 0.493 e. The number of β-amino-alcohol motifs (C(OH)–C–C–N with tert-alkyl or cyclic N) is 1. The highest BCUT2D eigenvalue weighted by atomic mass is 16.6. The second-order valence-corrected chi connectivity index (χ2v) is 4.05. The number of carbonyl (C=O) groups is 1. The molecule has 1 heterocycles. The maximum atomic E-state index is 11.3. The lowest BCUT2D eigenvalue weighted by Gasteiger charge is -2.20. The van der Waals surface area contributed by atoms with Crippen LogP contribution < -0.4 is 4.74 Å². The minimum Gasteiger partial charge on any atom is -0.493 e. The summed E-state index contributed by atoms with van der Waals surface area (Å²) in [6.45, 7) is 3.56. The predicted octanol–water partition coefficient (Wildman–Crippen LogP) is 1.57. The second kappa shape index (κ2) is 5.73. The Morgan fingerprint density at radius 3 is 2.94 bits per heavy atom. The summed E-state index contributed by atoms with van der Waals surface area (Å²) in [7, 11) is 0. The summed E-state index contributed by atoms with van der Waals surface area (Å²) in [5, 5.41) is 10.2. The number of hydrogen-bond acceptors (Lipinski definition) is 4. The second-order valence-electron chi connectivity index (χ2n) is 4.05. The van der Waals surface area contributed by atoms with E-state index < -0.39 is 6.10 Å². The molecule has 5 heteroatoms. The Kier molecular flexibility index (Phi) is 4.04. The number of para-hydroxylation sites is 1. The molecule has 0 spiro atoms. The van der Waals surface area contributed by atoms with E-state index in [-0.39, 0.29) is 12.6 Å². The number of benzene rings is 1. The third kappa shape index (κ3) is 2.73. The highest BCUT2D eigenvalue weighted by Gasteiger charge is 2.25. The topological polar surface area (TPSA) is 59.0 Å². The molecule has 18 heavy (non-hydrogen) atoms. The van der Waals surface area contributed by atoms with Gasteiger partial charge >= 0.3 is 6.09 Å². The van der Waals surface area contributed by atoms with E-state index in [1.54, 1.807) is 6.07 Å². The van der Waals surface area contributed by atoms with Gasteiger partial charge in [0.15, 0.2) is 0 Å². The Labute approximate surface area is 106 Å². The first-order valence-electron chi connectivity index (χ1n) is 6.04. The van der Waals surface area contributed by atoms with Crippen LogP contribution in [0.25, 0.3) is 0 Å². The Hall–Kier alpha value is -1.75. The van der Waals surface area contributed by atoms with Crippen molar-refractivity contribution in [1.82, 2.24) is 4.90 Å². The number of aliphatic hydroxyl groups excluding tert-OH is 1. The fourth-order valence-corrected chi connectivity index (χ4v) is 1.94. The van der Waals surface area contributed by atoms with Gasteiger partial charge in [-0.25, -0.2) is 4.79 Å². The van der Waals surface area contributed by atoms with Crippen molar-refractivity contribution in [3.63, 3.8) is 0 Å². The molecule has 1 aromatic carbocycles. The summed E-state index contributed by atoms with van der Waals surface area (Å²) in [4.78, 5) is 12.8. The normalized spacial score (nSPS) is 16.6. The Morgan fingerprint density at radius 2 is 2.28 bits per heavy atom. The maximum absolute atomic E-state index is 11.3. The van der Waals surface area contributed by atoms with Gasteiger partial charge in [0.1, 0.15) is 18.5 Å². The number of amides is 1. The van der Waals surface area contributed by atoms with Crippen LogP contribution in [-0.4, -0.2) is 42.4 Å². The van der Waals surface area contributed by atoms with Crippen molar-refractivity contribution in [2.45, 2.75) is 13.0 Å².